The number of aromatic nitrogens is 2. The molecule has 0 atom stereocenters. The second-order valence-corrected chi connectivity index (χ2v) is 5.77. The summed E-state index contributed by atoms with van der Waals surface area (Å²) in [6.45, 7) is 4.25. The quantitative estimate of drug-likeness (QED) is 0.763. The maximum Gasteiger partial charge on any atom is 0.172 e. The Bertz CT molecular complexity index is 727. The first kappa shape index (κ1) is 12.1. The van der Waals surface area contributed by atoms with E-state index in [1.54, 1.807) is 11.3 Å². The fourth-order valence-corrected chi connectivity index (χ4v) is 3.03. The number of thiophene rings is 1. The van der Waals surface area contributed by atoms with Gasteiger partial charge in [0.1, 0.15) is 5.82 Å². The van der Waals surface area contributed by atoms with Crippen molar-refractivity contribution >= 4 is 28.1 Å². The zero-order valence-electron chi connectivity index (χ0n) is 11.2. The van der Waals surface area contributed by atoms with Crippen LogP contribution in [0.4, 0.5) is 5.82 Å². The molecule has 0 fully saturated rings. The van der Waals surface area contributed by atoms with Gasteiger partial charge in [-0.1, -0.05) is 12.1 Å². The number of nitrogens with zero attached hydrogens (tertiary/aromatic N) is 2. The zero-order chi connectivity index (χ0) is 13.4. The van der Waals surface area contributed by atoms with E-state index in [4.69, 9.17) is 0 Å². The summed E-state index contributed by atoms with van der Waals surface area (Å²) < 4.78 is 0. The zero-order valence-corrected chi connectivity index (χ0v) is 12.0. The molecule has 0 unspecified atom stereocenters. The Hall–Kier alpha value is -1.94. The van der Waals surface area contributed by atoms with E-state index in [-0.39, 0.29) is 0 Å². The van der Waals surface area contributed by atoms with Crippen LogP contribution < -0.4 is 5.32 Å². The number of para-hydroxylation sites is 1. The van der Waals surface area contributed by atoms with Gasteiger partial charge in [-0.3, -0.25) is 0 Å². The van der Waals surface area contributed by atoms with Gasteiger partial charge in [0.2, 0.25) is 0 Å². The SMILES string of the molecule is CNc1nc(-c2cc(C)c(C)s2)nc2ccccc12. The van der Waals surface area contributed by atoms with Crippen LogP contribution in [0.15, 0.2) is 30.3 Å². The maximum absolute atomic E-state index is 4.67. The minimum atomic E-state index is 0.796. The highest BCUT2D eigenvalue weighted by Crippen LogP contribution is 2.31. The van der Waals surface area contributed by atoms with Gasteiger partial charge in [-0.2, -0.15) is 0 Å². The lowest BCUT2D eigenvalue weighted by Gasteiger charge is -2.06. The van der Waals surface area contributed by atoms with Gasteiger partial charge in [0.05, 0.1) is 10.4 Å². The summed E-state index contributed by atoms with van der Waals surface area (Å²) in [7, 11) is 1.89. The number of fused-ring (bicyclic) bond motifs is 1. The van der Waals surface area contributed by atoms with Gasteiger partial charge in [-0.25, -0.2) is 9.97 Å². The molecule has 0 aliphatic rings. The largest absolute Gasteiger partial charge is 0.373 e. The summed E-state index contributed by atoms with van der Waals surface area (Å²) in [6, 6.07) is 10.2. The molecule has 1 aromatic carbocycles. The standard InChI is InChI=1S/C15H15N3S/c1-9-8-13(19-10(9)2)15-17-12-7-5-4-6-11(12)14(16-3)18-15/h4-8H,1-3H3,(H,16,17,18). The Balaban J connectivity index is 2.24. The lowest BCUT2D eigenvalue weighted by atomic mass is 10.2. The second kappa shape index (κ2) is 4.63. The first-order chi connectivity index (χ1) is 9.19. The molecule has 2 heterocycles. The molecule has 0 spiro atoms. The molecule has 0 aliphatic heterocycles. The van der Waals surface area contributed by atoms with Gasteiger partial charge >= 0.3 is 0 Å². The minimum Gasteiger partial charge on any atom is -0.373 e. The predicted molar refractivity (Wildman–Crippen MR) is 81.9 cm³/mol. The van der Waals surface area contributed by atoms with Gasteiger partial charge in [-0.05, 0) is 37.6 Å². The van der Waals surface area contributed by atoms with Gasteiger partial charge < -0.3 is 5.32 Å². The Morgan fingerprint density at radius 3 is 2.58 bits per heavy atom. The van der Waals surface area contributed by atoms with Crippen molar-refractivity contribution in [2.24, 2.45) is 0 Å². The van der Waals surface area contributed by atoms with E-state index >= 15 is 0 Å². The van der Waals surface area contributed by atoms with Crippen LogP contribution in [0.2, 0.25) is 0 Å². The van der Waals surface area contributed by atoms with E-state index in [1.165, 1.54) is 10.4 Å². The minimum absolute atomic E-state index is 0.796. The number of benzene rings is 1. The maximum atomic E-state index is 4.67. The fraction of sp³-hybridized carbons (Fsp3) is 0.200. The molecular formula is C15H15N3S. The van der Waals surface area contributed by atoms with E-state index in [9.17, 15) is 0 Å². The van der Waals surface area contributed by atoms with Crippen LogP contribution in [0.1, 0.15) is 10.4 Å². The summed E-state index contributed by atoms with van der Waals surface area (Å²) in [5, 5.41) is 4.21. The monoisotopic (exact) mass is 269 g/mol. The molecule has 0 bridgehead atoms. The van der Waals surface area contributed by atoms with Crippen molar-refractivity contribution in [3.05, 3.63) is 40.8 Å². The third-order valence-corrected chi connectivity index (χ3v) is 4.37. The Labute approximate surface area is 116 Å². The molecule has 0 amide bonds. The normalized spacial score (nSPS) is 10.9. The number of hydrogen-bond donors (Lipinski definition) is 1. The smallest absolute Gasteiger partial charge is 0.172 e. The summed E-state index contributed by atoms with van der Waals surface area (Å²) in [5.74, 6) is 1.67. The van der Waals surface area contributed by atoms with Crippen molar-refractivity contribution in [2.75, 3.05) is 12.4 Å². The first-order valence-corrected chi connectivity index (χ1v) is 7.02. The average Bonchev–Trinajstić information content (AvgIpc) is 2.77. The van der Waals surface area contributed by atoms with E-state index in [2.05, 4.69) is 35.2 Å². The third-order valence-electron chi connectivity index (χ3n) is 3.23. The highest BCUT2D eigenvalue weighted by Gasteiger charge is 2.11. The summed E-state index contributed by atoms with van der Waals surface area (Å²) in [6.07, 6.45) is 0. The van der Waals surface area contributed by atoms with Crippen molar-refractivity contribution in [1.29, 1.82) is 0 Å². The Kier molecular flexibility index (Phi) is 2.95. The van der Waals surface area contributed by atoms with E-state index in [0.29, 0.717) is 0 Å². The summed E-state index contributed by atoms with van der Waals surface area (Å²) >= 11 is 1.74. The number of nitrogens with one attached hydrogen (secondary N) is 1. The molecule has 3 aromatic rings. The summed E-state index contributed by atoms with van der Waals surface area (Å²) in [4.78, 5) is 11.7. The first-order valence-electron chi connectivity index (χ1n) is 6.21. The average molecular weight is 269 g/mol. The van der Waals surface area contributed by atoms with Crippen LogP contribution in [0.3, 0.4) is 0 Å². The van der Waals surface area contributed by atoms with E-state index in [1.807, 2.05) is 31.3 Å². The van der Waals surface area contributed by atoms with Crippen LogP contribution >= 0.6 is 11.3 Å². The van der Waals surface area contributed by atoms with Gasteiger partial charge in [-0.15, -0.1) is 11.3 Å². The van der Waals surface area contributed by atoms with Crippen molar-refractivity contribution in [3.63, 3.8) is 0 Å². The lowest BCUT2D eigenvalue weighted by molar-refractivity contribution is 1.22. The fourth-order valence-electron chi connectivity index (χ4n) is 2.06. The van der Waals surface area contributed by atoms with Crippen LogP contribution in [0, 0.1) is 13.8 Å². The number of anilines is 1. The summed E-state index contributed by atoms with van der Waals surface area (Å²) in [5.41, 5.74) is 2.27. The van der Waals surface area contributed by atoms with Gasteiger partial charge in [0.25, 0.3) is 0 Å². The molecule has 1 N–H and O–H groups in total. The highest BCUT2D eigenvalue weighted by atomic mass is 32.1. The third kappa shape index (κ3) is 2.08. The molecular weight excluding hydrogens is 254 g/mol. The molecule has 3 nitrogen and oxygen atoms in total. The van der Waals surface area contributed by atoms with Crippen molar-refractivity contribution < 1.29 is 0 Å². The predicted octanol–water partition coefficient (Wildman–Crippen LogP) is 4.02. The molecule has 96 valence electrons. The van der Waals surface area contributed by atoms with Crippen LogP contribution in [-0.4, -0.2) is 17.0 Å². The number of rotatable bonds is 2. The molecule has 4 heteroatoms. The Morgan fingerprint density at radius 2 is 1.89 bits per heavy atom. The molecule has 19 heavy (non-hydrogen) atoms. The Morgan fingerprint density at radius 1 is 1.11 bits per heavy atom. The highest BCUT2D eigenvalue weighted by molar-refractivity contribution is 7.15. The van der Waals surface area contributed by atoms with Crippen LogP contribution in [0.25, 0.3) is 21.6 Å². The molecule has 0 aliphatic carbocycles. The topological polar surface area (TPSA) is 37.8 Å². The van der Waals surface area contributed by atoms with Crippen molar-refractivity contribution in [3.8, 4) is 10.7 Å². The molecule has 2 aromatic heterocycles. The van der Waals surface area contributed by atoms with E-state index < -0.39 is 0 Å². The van der Waals surface area contributed by atoms with Gasteiger partial charge in [0.15, 0.2) is 5.82 Å². The molecule has 0 radical (unpaired) electrons. The van der Waals surface area contributed by atoms with Crippen LogP contribution in [0.5, 0.6) is 0 Å². The van der Waals surface area contributed by atoms with Crippen molar-refractivity contribution in [1.82, 2.24) is 9.97 Å². The van der Waals surface area contributed by atoms with E-state index in [0.717, 1.165) is 27.4 Å². The van der Waals surface area contributed by atoms with Gasteiger partial charge in [0, 0.05) is 17.3 Å². The molecule has 0 saturated carbocycles. The lowest BCUT2D eigenvalue weighted by Crippen LogP contribution is -1.97. The van der Waals surface area contributed by atoms with Crippen LogP contribution in [-0.2, 0) is 0 Å². The number of hydrogen-bond acceptors (Lipinski definition) is 4. The molecule has 0 saturated heterocycles. The second-order valence-electron chi connectivity index (χ2n) is 4.51. The molecule has 3 rings (SSSR count). The van der Waals surface area contributed by atoms with Crippen molar-refractivity contribution in [2.45, 2.75) is 13.8 Å². The number of aryl methyl sites for hydroxylation is 2.